The molecule has 0 aromatic rings. The van der Waals surface area contributed by atoms with Gasteiger partial charge in [-0.2, -0.15) is 0 Å². The monoisotopic (exact) mass is 171 g/mol. The number of hydrogen-bond donors (Lipinski definition) is 1. The van der Waals surface area contributed by atoms with Crippen LogP contribution in [0.25, 0.3) is 0 Å². The van der Waals surface area contributed by atoms with Gasteiger partial charge < -0.3 is 5.32 Å². The highest BCUT2D eigenvalue weighted by Gasteiger charge is 2.05. The molecule has 0 spiro atoms. The molecule has 0 aromatic carbocycles. The highest BCUT2D eigenvalue weighted by molar-refractivity contribution is 4.66. The standard InChI is InChI=1S/C11H25N/c1-5-7-11(8-6-2)12-9-10(3)4/h10-12H,5-9H2,1-4H3. The largest absolute Gasteiger partial charge is 0.314 e. The van der Waals surface area contributed by atoms with Crippen molar-refractivity contribution in [3.05, 3.63) is 0 Å². The molecule has 0 heterocycles. The molecule has 0 fully saturated rings. The van der Waals surface area contributed by atoms with Crippen LogP contribution in [0.15, 0.2) is 0 Å². The van der Waals surface area contributed by atoms with Crippen LogP contribution in [0.3, 0.4) is 0 Å². The zero-order valence-electron chi connectivity index (χ0n) is 9.19. The third-order valence-corrected chi connectivity index (χ3v) is 2.09. The van der Waals surface area contributed by atoms with Crippen LogP contribution >= 0.6 is 0 Å². The number of rotatable bonds is 7. The Labute approximate surface area is 77.9 Å². The Hall–Kier alpha value is -0.0400. The van der Waals surface area contributed by atoms with Crippen molar-refractivity contribution in [1.29, 1.82) is 0 Å². The van der Waals surface area contributed by atoms with Gasteiger partial charge in [-0.25, -0.2) is 0 Å². The van der Waals surface area contributed by atoms with E-state index < -0.39 is 0 Å². The smallest absolute Gasteiger partial charge is 0.00669 e. The highest BCUT2D eigenvalue weighted by atomic mass is 14.9. The van der Waals surface area contributed by atoms with E-state index in [9.17, 15) is 0 Å². The second kappa shape index (κ2) is 7.60. The molecule has 0 aliphatic heterocycles. The molecule has 74 valence electrons. The molecular formula is C11H25N. The van der Waals surface area contributed by atoms with Crippen molar-refractivity contribution < 1.29 is 0 Å². The van der Waals surface area contributed by atoms with E-state index in [-0.39, 0.29) is 0 Å². The zero-order valence-corrected chi connectivity index (χ0v) is 9.19. The van der Waals surface area contributed by atoms with Gasteiger partial charge in [-0.3, -0.25) is 0 Å². The van der Waals surface area contributed by atoms with Gasteiger partial charge in [0.15, 0.2) is 0 Å². The molecule has 1 nitrogen and oxygen atoms in total. The first-order valence-corrected chi connectivity index (χ1v) is 5.44. The maximum absolute atomic E-state index is 3.62. The van der Waals surface area contributed by atoms with Crippen molar-refractivity contribution in [2.75, 3.05) is 6.54 Å². The second-order valence-electron chi connectivity index (χ2n) is 4.08. The van der Waals surface area contributed by atoms with Gasteiger partial charge in [-0.15, -0.1) is 0 Å². The lowest BCUT2D eigenvalue weighted by molar-refractivity contribution is 0.414. The first-order chi connectivity index (χ1) is 5.70. The van der Waals surface area contributed by atoms with Crippen LogP contribution < -0.4 is 5.32 Å². The molecule has 0 aromatic heterocycles. The summed E-state index contributed by atoms with van der Waals surface area (Å²) < 4.78 is 0. The Balaban J connectivity index is 3.48. The Bertz CT molecular complexity index is 83.0. The molecule has 12 heavy (non-hydrogen) atoms. The Kier molecular flexibility index (Phi) is 7.58. The normalized spacial score (nSPS) is 11.5. The van der Waals surface area contributed by atoms with Crippen molar-refractivity contribution in [2.24, 2.45) is 5.92 Å². The summed E-state index contributed by atoms with van der Waals surface area (Å²) >= 11 is 0. The molecule has 0 bridgehead atoms. The van der Waals surface area contributed by atoms with Gasteiger partial charge in [0, 0.05) is 6.04 Å². The van der Waals surface area contributed by atoms with Crippen molar-refractivity contribution in [2.45, 2.75) is 59.4 Å². The SMILES string of the molecule is CCCC(CCC)NCC(C)C. The van der Waals surface area contributed by atoms with Crippen molar-refractivity contribution >= 4 is 0 Å². The molecule has 0 aliphatic carbocycles. The molecule has 0 amide bonds. The summed E-state index contributed by atoms with van der Waals surface area (Å²) in [5.41, 5.74) is 0. The zero-order chi connectivity index (χ0) is 9.40. The molecule has 0 atom stereocenters. The fraction of sp³-hybridized carbons (Fsp3) is 1.00. The predicted octanol–water partition coefficient (Wildman–Crippen LogP) is 3.20. The van der Waals surface area contributed by atoms with Gasteiger partial charge in [-0.1, -0.05) is 40.5 Å². The van der Waals surface area contributed by atoms with Crippen LogP contribution in [-0.4, -0.2) is 12.6 Å². The van der Waals surface area contributed by atoms with Crippen molar-refractivity contribution in [1.82, 2.24) is 5.32 Å². The summed E-state index contributed by atoms with van der Waals surface area (Å²) in [5.74, 6) is 0.779. The first kappa shape index (κ1) is 12.0. The van der Waals surface area contributed by atoms with E-state index in [1.54, 1.807) is 0 Å². The van der Waals surface area contributed by atoms with Gasteiger partial charge in [-0.05, 0) is 25.3 Å². The Morgan fingerprint density at radius 2 is 1.50 bits per heavy atom. The summed E-state index contributed by atoms with van der Waals surface area (Å²) in [6, 6.07) is 0.766. The van der Waals surface area contributed by atoms with E-state index >= 15 is 0 Å². The average molecular weight is 171 g/mol. The predicted molar refractivity (Wildman–Crippen MR) is 56.4 cm³/mol. The number of hydrogen-bond acceptors (Lipinski definition) is 1. The molecule has 0 unspecified atom stereocenters. The summed E-state index contributed by atoms with van der Waals surface area (Å²) in [7, 11) is 0. The van der Waals surface area contributed by atoms with Crippen LogP contribution in [0.2, 0.25) is 0 Å². The molecule has 0 rings (SSSR count). The van der Waals surface area contributed by atoms with Crippen molar-refractivity contribution in [3.63, 3.8) is 0 Å². The van der Waals surface area contributed by atoms with Gasteiger partial charge in [0.2, 0.25) is 0 Å². The third-order valence-electron chi connectivity index (χ3n) is 2.09. The van der Waals surface area contributed by atoms with E-state index in [0.717, 1.165) is 12.0 Å². The van der Waals surface area contributed by atoms with Crippen LogP contribution in [-0.2, 0) is 0 Å². The molecule has 0 radical (unpaired) electrons. The molecule has 0 saturated carbocycles. The lowest BCUT2D eigenvalue weighted by atomic mass is 10.1. The van der Waals surface area contributed by atoms with Crippen LogP contribution in [0.4, 0.5) is 0 Å². The molecule has 1 N–H and O–H groups in total. The van der Waals surface area contributed by atoms with E-state index in [1.807, 2.05) is 0 Å². The van der Waals surface area contributed by atoms with E-state index in [2.05, 4.69) is 33.0 Å². The van der Waals surface area contributed by atoms with Gasteiger partial charge in [0.25, 0.3) is 0 Å². The van der Waals surface area contributed by atoms with Crippen LogP contribution in [0, 0.1) is 5.92 Å². The summed E-state index contributed by atoms with van der Waals surface area (Å²) in [6.45, 7) is 10.2. The Morgan fingerprint density at radius 3 is 1.83 bits per heavy atom. The molecule has 0 saturated heterocycles. The lowest BCUT2D eigenvalue weighted by Gasteiger charge is -2.18. The average Bonchev–Trinajstić information content (AvgIpc) is 2.01. The summed E-state index contributed by atoms with van der Waals surface area (Å²) in [5, 5.41) is 3.62. The van der Waals surface area contributed by atoms with E-state index in [0.29, 0.717) is 0 Å². The quantitative estimate of drug-likeness (QED) is 0.620. The maximum atomic E-state index is 3.62. The van der Waals surface area contributed by atoms with Gasteiger partial charge in [0.1, 0.15) is 0 Å². The Morgan fingerprint density at radius 1 is 1.00 bits per heavy atom. The third kappa shape index (κ3) is 6.66. The summed E-state index contributed by atoms with van der Waals surface area (Å²) in [4.78, 5) is 0. The fourth-order valence-corrected chi connectivity index (χ4v) is 1.45. The minimum atomic E-state index is 0.766. The van der Waals surface area contributed by atoms with Crippen molar-refractivity contribution in [3.8, 4) is 0 Å². The van der Waals surface area contributed by atoms with Gasteiger partial charge in [0.05, 0.1) is 0 Å². The molecule has 1 heteroatoms. The minimum Gasteiger partial charge on any atom is -0.314 e. The lowest BCUT2D eigenvalue weighted by Crippen LogP contribution is -2.31. The van der Waals surface area contributed by atoms with Crippen LogP contribution in [0.5, 0.6) is 0 Å². The maximum Gasteiger partial charge on any atom is 0.00669 e. The first-order valence-electron chi connectivity index (χ1n) is 5.44. The van der Waals surface area contributed by atoms with E-state index in [1.165, 1.54) is 32.2 Å². The van der Waals surface area contributed by atoms with Gasteiger partial charge >= 0.3 is 0 Å². The molecular weight excluding hydrogens is 146 g/mol. The molecule has 0 aliphatic rings. The fourth-order valence-electron chi connectivity index (χ4n) is 1.45. The van der Waals surface area contributed by atoms with E-state index in [4.69, 9.17) is 0 Å². The highest BCUT2D eigenvalue weighted by Crippen LogP contribution is 2.04. The second-order valence-corrected chi connectivity index (χ2v) is 4.08. The van der Waals surface area contributed by atoms with Crippen LogP contribution in [0.1, 0.15) is 53.4 Å². The topological polar surface area (TPSA) is 12.0 Å². The number of nitrogens with one attached hydrogen (secondary N) is 1. The minimum absolute atomic E-state index is 0.766. The summed E-state index contributed by atoms with van der Waals surface area (Å²) in [6.07, 6.45) is 5.27.